The standard InChI is InChI=1S/C17H12N2O4/c1-9(20)23-18-17-15(21)11-7-8-13-14(16(11)22-17)10-5-3-4-6-12(10)19(13)2/h3-8H,1-2H3/b18-17-. The maximum absolute atomic E-state index is 12.3. The number of ketones is 1. The number of para-hydroxylation sites is 1. The van der Waals surface area contributed by atoms with Crippen LogP contribution in [-0.2, 0) is 16.7 Å². The van der Waals surface area contributed by atoms with Crippen molar-refractivity contribution in [1.82, 2.24) is 4.57 Å². The summed E-state index contributed by atoms with van der Waals surface area (Å²) in [6.07, 6.45) is 0. The normalized spacial score (nSPS) is 15.2. The van der Waals surface area contributed by atoms with Gasteiger partial charge >= 0.3 is 11.9 Å². The first kappa shape index (κ1) is 13.5. The van der Waals surface area contributed by atoms with E-state index >= 15 is 0 Å². The zero-order valence-electron chi connectivity index (χ0n) is 12.5. The van der Waals surface area contributed by atoms with Crippen LogP contribution >= 0.6 is 0 Å². The molecule has 1 aliphatic heterocycles. The molecule has 0 atom stereocenters. The molecule has 0 aliphatic carbocycles. The van der Waals surface area contributed by atoms with Gasteiger partial charge in [0.15, 0.2) is 5.75 Å². The number of nitrogens with zero attached hydrogens (tertiary/aromatic N) is 2. The Kier molecular flexibility index (Phi) is 2.74. The Hall–Kier alpha value is -3.15. The fourth-order valence-corrected chi connectivity index (χ4v) is 2.93. The van der Waals surface area contributed by atoms with E-state index in [1.54, 1.807) is 6.07 Å². The molecule has 6 heteroatoms. The van der Waals surface area contributed by atoms with Crippen molar-refractivity contribution >= 4 is 39.5 Å². The summed E-state index contributed by atoms with van der Waals surface area (Å²) in [4.78, 5) is 27.7. The average molecular weight is 308 g/mol. The summed E-state index contributed by atoms with van der Waals surface area (Å²) < 4.78 is 7.66. The van der Waals surface area contributed by atoms with Gasteiger partial charge in [0.1, 0.15) is 0 Å². The van der Waals surface area contributed by atoms with Crippen LogP contribution in [-0.4, -0.2) is 22.2 Å². The van der Waals surface area contributed by atoms with Crippen molar-refractivity contribution in [3.63, 3.8) is 0 Å². The molecule has 0 amide bonds. The molecule has 0 saturated carbocycles. The molecule has 1 aromatic heterocycles. The van der Waals surface area contributed by atoms with Crippen molar-refractivity contribution in [3.8, 4) is 5.75 Å². The summed E-state index contributed by atoms with van der Waals surface area (Å²) in [6.45, 7) is 1.21. The lowest BCUT2D eigenvalue weighted by molar-refractivity contribution is -0.141. The second-order valence-corrected chi connectivity index (χ2v) is 5.32. The summed E-state index contributed by atoms with van der Waals surface area (Å²) >= 11 is 0. The molecule has 3 aromatic rings. The third kappa shape index (κ3) is 1.85. The lowest BCUT2D eigenvalue weighted by atomic mass is 10.1. The van der Waals surface area contributed by atoms with Gasteiger partial charge in [-0.3, -0.25) is 4.79 Å². The number of aryl methyl sites for hydroxylation is 1. The first-order valence-electron chi connectivity index (χ1n) is 7.06. The molecule has 0 radical (unpaired) electrons. The number of ether oxygens (including phenoxy) is 1. The van der Waals surface area contributed by atoms with Crippen molar-refractivity contribution in [1.29, 1.82) is 0 Å². The highest BCUT2D eigenvalue weighted by atomic mass is 16.7. The number of hydrogen-bond acceptors (Lipinski definition) is 5. The lowest BCUT2D eigenvalue weighted by Gasteiger charge is -2.01. The van der Waals surface area contributed by atoms with E-state index in [2.05, 4.69) is 9.99 Å². The first-order valence-corrected chi connectivity index (χ1v) is 7.06. The number of carbonyl (C=O) groups is 2. The van der Waals surface area contributed by atoms with Crippen LogP contribution in [0.2, 0.25) is 0 Å². The van der Waals surface area contributed by atoms with Crippen molar-refractivity contribution in [2.45, 2.75) is 6.92 Å². The van der Waals surface area contributed by atoms with Crippen LogP contribution in [0.1, 0.15) is 17.3 Å². The van der Waals surface area contributed by atoms with Gasteiger partial charge in [0, 0.05) is 24.9 Å². The van der Waals surface area contributed by atoms with Crippen molar-refractivity contribution < 1.29 is 19.2 Å². The maximum Gasteiger partial charge on any atom is 0.332 e. The highest BCUT2D eigenvalue weighted by Crippen LogP contribution is 2.40. The van der Waals surface area contributed by atoms with Gasteiger partial charge in [-0.25, -0.2) is 4.79 Å². The highest BCUT2D eigenvalue weighted by molar-refractivity contribution is 6.47. The minimum atomic E-state index is -0.611. The van der Waals surface area contributed by atoms with Crippen LogP contribution in [0.5, 0.6) is 5.75 Å². The number of fused-ring (bicyclic) bond motifs is 5. The fourth-order valence-electron chi connectivity index (χ4n) is 2.93. The number of oxime groups is 1. The average Bonchev–Trinajstić information content (AvgIpc) is 3.02. The number of hydrogen-bond donors (Lipinski definition) is 0. The van der Waals surface area contributed by atoms with Crippen LogP contribution in [0.4, 0.5) is 0 Å². The molecule has 2 heterocycles. The molecule has 2 aromatic carbocycles. The Labute approximate surface area is 130 Å². The van der Waals surface area contributed by atoms with Crippen molar-refractivity contribution in [3.05, 3.63) is 42.0 Å². The van der Waals surface area contributed by atoms with E-state index < -0.39 is 11.8 Å². The third-order valence-electron chi connectivity index (χ3n) is 3.93. The van der Waals surface area contributed by atoms with Gasteiger partial charge in [-0.2, -0.15) is 0 Å². The van der Waals surface area contributed by atoms with E-state index in [0.29, 0.717) is 11.3 Å². The number of carbonyl (C=O) groups excluding carboxylic acids is 2. The van der Waals surface area contributed by atoms with Gasteiger partial charge < -0.3 is 14.1 Å². The molecule has 0 spiro atoms. The number of Topliss-reactive ketones (excluding diaryl/α,β-unsaturated/α-hetero) is 1. The summed E-state index contributed by atoms with van der Waals surface area (Å²) in [6, 6.07) is 11.5. The van der Waals surface area contributed by atoms with Gasteiger partial charge in [-0.15, -0.1) is 0 Å². The summed E-state index contributed by atoms with van der Waals surface area (Å²) in [5.41, 5.74) is 2.41. The van der Waals surface area contributed by atoms with Crippen molar-refractivity contribution in [2.75, 3.05) is 0 Å². The quantitative estimate of drug-likeness (QED) is 0.512. The Balaban J connectivity index is 1.99. The fraction of sp³-hybridized carbons (Fsp3) is 0.118. The predicted octanol–water partition coefficient (Wildman–Crippen LogP) is 2.78. The predicted molar refractivity (Wildman–Crippen MR) is 84.6 cm³/mol. The minimum Gasteiger partial charge on any atom is -0.432 e. The molecule has 0 fully saturated rings. The van der Waals surface area contributed by atoms with Gasteiger partial charge in [0.25, 0.3) is 5.78 Å². The molecule has 23 heavy (non-hydrogen) atoms. The lowest BCUT2D eigenvalue weighted by Crippen LogP contribution is -2.13. The summed E-state index contributed by atoms with van der Waals surface area (Å²) in [7, 11) is 1.96. The number of aromatic nitrogens is 1. The minimum absolute atomic E-state index is 0.226. The van der Waals surface area contributed by atoms with Gasteiger partial charge in [-0.1, -0.05) is 18.2 Å². The van der Waals surface area contributed by atoms with Crippen LogP contribution in [0.25, 0.3) is 21.8 Å². The maximum atomic E-state index is 12.3. The van der Waals surface area contributed by atoms with Crippen LogP contribution < -0.4 is 4.74 Å². The number of benzene rings is 2. The van der Waals surface area contributed by atoms with E-state index in [9.17, 15) is 9.59 Å². The van der Waals surface area contributed by atoms with E-state index in [1.165, 1.54) is 6.92 Å². The van der Waals surface area contributed by atoms with E-state index in [0.717, 1.165) is 21.8 Å². The van der Waals surface area contributed by atoms with E-state index in [1.807, 2.05) is 41.9 Å². The highest BCUT2D eigenvalue weighted by Gasteiger charge is 2.33. The Bertz CT molecular complexity index is 1030. The molecule has 0 unspecified atom stereocenters. The zero-order chi connectivity index (χ0) is 16.1. The smallest absolute Gasteiger partial charge is 0.332 e. The molecular weight excluding hydrogens is 296 g/mol. The van der Waals surface area contributed by atoms with E-state index in [-0.39, 0.29) is 5.90 Å². The van der Waals surface area contributed by atoms with Gasteiger partial charge in [-0.05, 0) is 23.4 Å². The Morgan fingerprint density at radius 3 is 2.74 bits per heavy atom. The third-order valence-corrected chi connectivity index (χ3v) is 3.93. The SMILES string of the molecule is CC(=O)O/N=C1\Oc2c(ccc3c2c2ccccc2n3C)C1=O. The summed E-state index contributed by atoms with van der Waals surface area (Å²) in [5.74, 6) is -0.776. The van der Waals surface area contributed by atoms with Crippen LogP contribution in [0, 0.1) is 0 Å². The Morgan fingerprint density at radius 1 is 1.17 bits per heavy atom. The van der Waals surface area contributed by atoms with Crippen LogP contribution in [0.15, 0.2) is 41.6 Å². The molecule has 0 saturated heterocycles. The molecule has 1 aliphatic rings. The van der Waals surface area contributed by atoms with Gasteiger partial charge in [0.05, 0.1) is 16.5 Å². The molecule has 0 N–H and O–H groups in total. The first-order chi connectivity index (χ1) is 11.1. The van der Waals surface area contributed by atoms with Crippen molar-refractivity contribution in [2.24, 2.45) is 12.2 Å². The Morgan fingerprint density at radius 2 is 1.96 bits per heavy atom. The monoisotopic (exact) mass is 308 g/mol. The summed E-state index contributed by atoms with van der Waals surface area (Å²) in [5, 5.41) is 5.34. The molecule has 0 bridgehead atoms. The van der Waals surface area contributed by atoms with Gasteiger partial charge in [0.2, 0.25) is 0 Å². The second-order valence-electron chi connectivity index (χ2n) is 5.32. The van der Waals surface area contributed by atoms with Crippen LogP contribution in [0.3, 0.4) is 0 Å². The largest absolute Gasteiger partial charge is 0.432 e. The topological polar surface area (TPSA) is 69.9 Å². The second kappa shape index (κ2) is 4.67. The molecular formula is C17H12N2O4. The van der Waals surface area contributed by atoms with E-state index in [4.69, 9.17) is 4.74 Å². The molecule has 6 nitrogen and oxygen atoms in total. The zero-order valence-corrected chi connectivity index (χ0v) is 12.5. The number of rotatable bonds is 1. The molecule has 4 rings (SSSR count). The molecule has 114 valence electrons.